The maximum atomic E-state index is 11.7. The van der Waals surface area contributed by atoms with E-state index in [9.17, 15) is 9.59 Å². The Bertz CT molecular complexity index is 1260. The third kappa shape index (κ3) is 4.85. The van der Waals surface area contributed by atoms with Gasteiger partial charge in [0.05, 0.1) is 30.9 Å². The lowest BCUT2D eigenvalue weighted by molar-refractivity contribution is 0.0594. The summed E-state index contributed by atoms with van der Waals surface area (Å²) >= 11 is 6.77. The molecule has 0 atom stereocenters. The fourth-order valence-electron chi connectivity index (χ4n) is 3.37. The Balaban J connectivity index is 0.000000179. The van der Waals surface area contributed by atoms with Crippen LogP contribution in [0.5, 0.6) is 0 Å². The first-order chi connectivity index (χ1) is 14.8. The zero-order valence-corrected chi connectivity index (χ0v) is 20.7. The van der Waals surface area contributed by atoms with E-state index >= 15 is 0 Å². The van der Waals surface area contributed by atoms with E-state index in [0.29, 0.717) is 17.2 Å². The average Bonchev–Trinajstić information content (AvgIpc) is 3.38. The van der Waals surface area contributed by atoms with Crippen LogP contribution in [0.25, 0.3) is 21.8 Å². The van der Waals surface area contributed by atoms with Crippen molar-refractivity contribution in [1.29, 1.82) is 0 Å². The number of fused-ring (bicyclic) bond motifs is 2. The highest BCUT2D eigenvalue weighted by Gasteiger charge is 2.15. The normalized spacial score (nSPS) is 10.8. The average molecular weight is 550 g/mol. The summed E-state index contributed by atoms with van der Waals surface area (Å²) in [6, 6.07) is 11.6. The number of methoxy groups -OCH3 is 2. The monoisotopic (exact) mass is 548 g/mol. The van der Waals surface area contributed by atoms with Crippen LogP contribution in [-0.2, 0) is 9.47 Å². The van der Waals surface area contributed by atoms with Gasteiger partial charge in [0.15, 0.2) is 0 Å². The molecule has 0 unspecified atom stereocenters. The third-order valence-corrected chi connectivity index (χ3v) is 5.72. The van der Waals surface area contributed by atoms with Crippen LogP contribution in [0.2, 0.25) is 0 Å². The Morgan fingerprint density at radius 2 is 1.48 bits per heavy atom. The molecule has 0 spiro atoms. The molecule has 162 valence electrons. The van der Waals surface area contributed by atoms with Crippen LogP contribution in [0, 0.1) is 0 Å². The van der Waals surface area contributed by atoms with Gasteiger partial charge in [0, 0.05) is 43.7 Å². The van der Waals surface area contributed by atoms with Crippen LogP contribution in [0.3, 0.4) is 0 Å². The van der Waals surface area contributed by atoms with Crippen molar-refractivity contribution in [2.24, 2.45) is 0 Å². The number of aromatic nitrogens is 2. The van der Waals surface area contributed by atoms with Crippen LogP contribution in [-0.4, -0.2) is 35.7 Å². The lowest BCUT2D eigenvalue weighted by Gasteiger charge is -2.10. The molecule has 8 heteroatoms. The maximum Gasteiger partial charge on any atom is 0.338 e. The van der Waals surface area contributed by atoms with Gasteiger partial charge in [-0.25, -0.2) is 9.59 Å². The van der Waals surface area contributed by atoms with Crippen LogP contribution in [0.4, 0.5) is 0 Å². The largest absolute Gasteiger partial charge is 0.465 e. The molecule has 0 aliphatic heterocycles. The Labute approximate surface area is 196 Å². The highest BCUT2D eigenvalue weighted by Crippen LogP contribution is 2.28. The Morgan fingerprint density at radius 1 is 0.903 bits per heavy atom. The molecule has 0 bridgehead atoms. The molecular weight excluding hydrogens is 528 g/mol. The van der Waals surface area contributed by atoms with Crippen molar-refractivity contribution in [3.63, 3.8) is 0 Å². The second-order valence-electron chi connectivity index (χ2n) is 7.08. The van der Waals surface area contributed by atoms with Crippen LogP contribution in [0.1, 0.15) is 40.6 Å². The number of benzene rings is 2. The summed E-state index contributed by atoms with van der Waals surface area (Å²) in [6.45, 7) is 4.22. The molecular formula is C23H22Br2N2O4. The number of rotatable bonds is 3. The number of carbonyl (C=O) groups excluding carboxylic acids is 2. The molecule has 2 aromatic heterocycles. The molecule has 4 rings (SSSR count). The number of aromatic amines is 1. The van der Waals surface area contributed by atoms with Gasteiger partial charge in [-0.1, -0.05) is 31.9 Å². The second kappa shape index (κ2) is 9.70. The quantitative estimate of drug-likeness (QED) is 0.296. The molecule has 1 N–H and O–H groups in total. The van der Waals surface area contributed by atoms with E-state index in [1.54, 1.807) is 18.3 Å². The van der Waals surface area contributed by atoms with Gasteiger partial charge in [-0.15, -0.1) is 0 Å². The minimum absolute atomic E-state index is 0.308. The summed E-state index contributed by atoms with van der Waals surface area (Å²) < 4.78 is 13.4. The molecule has 4 aromatic rings. The number of esters is 2. The zero-order valence-electron chi connectivity index (χ0n) is 17.5. The van der Waals surface area contributed by atoms with Crippen molar-refractivity contribution >= 4 is 65.6 Å². The Hall–Kier alpha value is -2.58. The first-order valence-corrected chi connectivity index (χ1v) is 11.1. The second-order valence-corrected chi connectivity index (χ2v) is 8.91. The van der Waals surface area contributed by atoms with Gasteiger partial charge in [-0.3, -0.25) is 0 Å². The summed E-state index contributed by atoms with van der Waals surface area (Å²) in [4.78, 5) is 26.2. The molecule has 0 aliphatic rings. The summed E-state index contributed by atoms with van der Waals surface area (Å²) in [5.41, 5.74) is 3.11. The van der Waals surface area contributed by atoms with Gasteiger partial charge in [0.2, 0.25) is 0 Å². The minimum atomic E-state index is -0.323. The summed E-state index contributed by atoms with van der Waals surface area (Å²) in [7, 11) is 2.77. The Kier molecular flexibility index (Phi) is 7.23. The summed E-state index contributed by atoms with van der Waals surface area (Å²) in [5, 5.41) is 1.80. The SMILES string of the molecule is COC(=O)c1cc(Br)cc2[nH]ccc12.COC(=O)c1cc(Br)cc2c1ccn2C(C)C. The number of nitrogens with one attached hydrogen (secondary N) is 1. The van der Waals surface area contributed by atoms with Crippen LogP contribution < -0.4 is 0 Å². The predicted molar refractivity (Wildman–Crippen MR) is 129 cm³/mol. The van der Waals surface area contributed by atoms with Gasteiger partial charge in [0.25, 0.3) is 0 Å². The lowest BCUT2D eigenvalue weighted by Crippen LogP contribution is -2.03. The number of ether oxygens (including phenoxy) is 2. The number of H-pyrrole nitrogens is 1. The van der Waals surface area contributed by atoms with Gasteiger partial charge in [-0.05, 0) is 50.2 Å². The van der Waals surface area contributed by atoms with E-state index in [2.05, 4.69) is 55.3 Å². The summed E-state index contributed by atoms with van der Waals surface area (Å²) in [5.74, 6) is -0.631. The molecule has 2 heterocycles. The Morgan fingerprint density at radius 3 is 2.06 bits per heavy atom. The molecule has 6 nitrogen and oxygen atoms in total. The molecule has 0 amide bonds. The predicted octanol–water partition coefficient (Wildman–Crippen LogP) is 6.49. The molecule has 0 saturated heterocycles. The van der Waals surface area contributed by atoms with E-state index in [1.807, 2.05) is 30.5 Å². The first kappa shape index (κ1) is 23.1. The standard InChI is InChI=1S/C13H14BrNO2.C10H8BrNO2/c1-8(2)15-5-4-10-11(13(16)17-3)6-9(14)7-12(10)15;1-14-10(13)8-4-6(11)5-9-7(8)2-3-12-9/h4-8H,1-3H3;2-5,12H,1H3. The molecule has 31 heavy (non-hydrogen) atoms. The fourth-order valence-corrected chi connectivity index (χ4v) is 4.27. The van der Waals surface area contributed by atoms with Gasteiger partial charge in [-0.2, -0.15) is 0 Å². The maximum absolute atomic E-state index is 11.7. The number of hydrogen-bond donors (Lipinski definition) is 1. The van der Waals surface area contributed by atoms with Crippen molar-refractivity contribution in [1.82, 2.24) is 9.55 Å². The molecule has 0 radical (unpaired) electrons. The highest BCUT2D eigenvalue weighted by atomic mass is 79.9. The lowest BCUT2D eigenvalue weighted by atomic mass is 10.1. The molecule has 0 aliphatic carbocycles. The molecule has 2 aromatic carbocycles. The van der Waals surface area contributed by atoms with E-state index in [1.165, 1.54) is 14.2 Å². The first-order valence-electron chi connectivity index (χ1n) is 9.50. The molecule has 0 saturated carbocycles. The van der Waals surface area contributed by atoms with Crippen molar-refractivity contribution in [2.45, 2.75) is 19.9 Å². The van der Waals surface area contributed by atoms with E-state index in [4.69, 9.17) is 9.47 Å². The van der Waals surface area contributed by atoms with Crippen LogP contribution in [0.15, 0.2) is 57.7 Å². The zero-order chi connectivity index (χ0) is 22.7. The van der Waals surface area contributed by atoms with Crippen molar-refractivity contribution in [3.05, 3.63) is 68.9 Å². The van der Waals surface area contributed by atoms with Crippen molar-refractivity contribution in [2.75, 3.05) is 14.2 Å². The number of hydrogen-bond acceptors (Lipinski definition) is 4. The third-order valence-electron chi connectivity index (χ3n) is 4.80. The van der Waals surface area contributed by atoms with Crippen molar-refractivity contribution in [3.8, 4) is 0 Å². The minimum Gasteiger partial charge on any atom is -0.465 e. The van der Waals surface area contributed by atoms with Crippen molar-refractivity contribution < 1.29 is 19.1 Å². The number of carbonyl (C=O) groups is 2. The highest BCUT2D eigenvalue weighted by molar-refractivity contribution is 9.10. The van der Waals surface area contributed by atoms with E-state index in [0.717, 1.165) is 30.8 Å². The molecule has 0 fully saturated rings. The topological polar surface area (TPSA) is 73.3 Å². The van der Waals surface area contributed by atoms with Gasteiger partial charge < -0.3 is 19.0 Å². The van der Waals surface area contributed by atoms with Crippen LogP contribution >= 0.6 is 31.9 Å². The summed E-state index contributed by atoms with van der Waals surface area (Å²) in [6.07, 6.45) is 3.79. The smallest absolute Gasteiger partial charge is 0.338 e. The fraction of sp³-hybridized carbons (Fsp3) is 0.217. The van der Waals surface area contributed by atoms with Gasteiger partial charge in [0.1, 0.15) is 0 Å². The number of nitrogens with zero attached hydrogens (tertiary/aromatic N) is 1. The van der Waals surface area contributed by atoms with Gasteiger partial charge >= 0.3 is 11.9 Å². The van der Waals surface area contributed by atoms with E-state index < -0.39 is 0 Å². The van der Waals surface area contributed by atoms with E-state index in [-0.39, 0.29) is 11.9 Å². The number of halogens is 2.